The minimum absolute atomic E-state index is 0.150. The van der Waals surface area contributed by atoms with Crippen LogP contribution in [0.5, 0.6) is 0 Å². The van der Waals surface area contributed by atoms with Gasteiger partial charge in [-0.05, 0) is 33.2 Å². The molecular formula is C18H22FN7O. The van der Waals surface area contributed by atoms with Crippen molar-refractivity contribution in [3.8, 4) is 11.4 Å². The van der Waals surface area contributed by atoms with Crippen LogP contribution in [0.4, 0.5) is 10.3 Å². The molecule has 142 valence electrons. The number of halogens is 1. The number of piperidine rings is 1. The maximum absolute atomic E-state index is 14.5. The monoisotopic (exact) mass is 371 g/mol. The predicted octanol–water partition coefficient (Wildman–Crippen LogP) is 1.72. The number of imidazole rings is 1. The molecule has 1 fully saturated rings. The van der Waals surface area contributed by atoms with Crippen molar-refractivity contribution in [3.63, 3.8) is 0 Å². The Morgan fingerprint density at radius 3 is 2.85 bits per heavy atom. The van der Waals surface area contributed by atoms with Crippen LogP contribution in [0.1, 0.15) is 32.4 Å². The summed E-state index contributed by atoms with van der Waals surface area (Å²) in [4.78, 5) is 16.9. The minimum atomic E-state index is -1.12. The van der Waals surface area contributed by atoms with Gasteiger partial charge in [-0.15, -0.1) is 0 Å². The number of hydrogen-bond acceptors (Lipinski definition) is 7. The smallest absolute Gasteiger partial charge is 0.223 e. The molecule has 0 radical (unpaired) electrons. The van der Waals surface area contributed by atoms with Crippen LogP contribution in [0.25, 0.3) is 17.0 Å². The average Bonchev–Trinajstić information content (AvgIpc) is 3.06. The van der Waals surface area contributed by atoms with Crippen molar-refractivity contribution in [2.75, 3.05) is 18.4 Å². The van der Waals surface area contributed by atoms with Crippen LogP contribution in [0, 0.1) is 5.82 Å². The third-order valence-electron chi connectivity index (χ3n) is 4.64. The Kier molecular flexibility index (Phi) is 4.48. The lowest BCUT2D eigenvalue weighted by Crippen LogP contribution is -2.38. The number of fused-ring (bicyclic) bond motifs is 1. The van der Waals surface area contributed by atoms with E-state index >= 15 is 0 Å². The van der Waals surface area contributed by atoms with Crippen LogP contribution in [0.3, 0.4) is 0 Å². The van der Waals surface area contributed by atoms with E-state index in [-0.39, 0.29) is 11.7 Å². The molecule has 0 unspecified atom stereocenters. The Morgan fingerprint density at radius 1 is 1.26 bits per heavy atom. The van der Waals surface area contributed by atoms with Gasteiger partial charge in [-0.2, -0.15) is 0 Å². The molecule has 0 aromatic carbocycles. The zero-order chi connectivity index (χ0) is 19.0. The Bertz CT molecular complexity index is 960. The summed E-state index contributed by atoms with van der Waals surface area (Å²) in [7, 11) is 0. The molecule has 1 atom stereocenters. The van der Waals surface area contributed by atoms with E-state index in [0.29, 0.717) is 23.0 Å². The fraction of sp³-hybridized carbons (Fsp3) is 0.444. The van der Waals surface area contributed by atoms with Crippen molar-refractivity contribution < 1.29 is 9.50 Å². The van der Waals surface area contributed by atoms with E-state index in [2.05, 4.69) is 30.6 Å². The van der Waals surface area contributed by atoms with Gasteiger partial charge in [0.2, 0.25) is 5.95 Å². The molecule has 27 heavy (non-hydrogen) atoms. The van der Waals surface area contributed by atoms with Crippen molar-refractivity contribution in [1.82, 2.24) is 29.7 Å². The largest absolute Gasteiger partial charge is 0.384 e. The van der Waals surface area contributed by atoms with E-state index < -0.39 is 11.4 Å². The SMILES string of the molecule is CC(C)(O)c1cn2c(-c3nc(N[C@@H]4CCCNC4)ncc3F)cnc2cn1. The maximum Gasteiger partial charge on any atom is 0.223 e. The molecule has 3 aromatic heterocycles. The summed E-state index contributed by atoms with van der Waals surface area (Å²) < 4.78 is 16.2. The summed E-state index contributed by atoms with van der Waals surface area (Å²) in [5.41, 5.74) is 0.498. The third kappa shape index (κ3) is 3.60. The molecule has 3 aromatic rings. The second kappa shape index (κ2) is 6.82. The number of hydrogen-bond donors (Lipinski definition) is 3. The summed E-state index contributed by atoms with van der Waals surface area (Å²) in [6.07, 6.45) is 7.99. The first kappa shape index (κ1) is 17.7. The summed E-state index contributed by atoms with van der Waals surface area (Å²) in [5.74, 6) is -0.155. The van der Waals surface area contributed by atoms with Crippen LogP contribution in [-0.2, 0) is 5.60 Å². The highest BCUT2D eigenvalue weighted by Gasteiger charge is 2.21. The van der Waals surface area contributed by atoms with Crippen LogP contribution in [0.15, 0.2) is 24.8 Å². The van der Waals surface area contributed by atoms with E-state index in [4.69, 9.17) is 0 Å². The number of aromatic nitrogens is 5. The molecule has 0 saturated carbocycles. The Morgan fingerprint density at radius 2 is 2.11 bits per heavy atom. The summed E-state index contributed by atoms with van der Waals surface area (Å²) in [6, 6.07) is 0.213. The van der Waals surface area contributed by atoms with Gasteiger partial charge in [0.05, 0.1) is 30.0 Å². The summed E-state index contributed by atoms with van der Waals surface area (Å²) in [5, 5.41) is 16.8. The van der Waals surface area contributed by atoms with E-state index in [1.165, 1.54) is 6.20 Å². The third-order valence-corrected chi connectivity index (χ3v) is 4.64. The van der Waals surface area contributed by atoms with Gasteiger partial charge in [0.15, 0.2) is 11.5 Å². The zero-order valence-electron chi connectivity index (χ0n) is 15.3. The second-order valence-electron chi connectivity index (χ2n) is 7.28. The molecule has 0 spiro atoms. The normalized spacial score (nSPS) is 18.0. The van der Waals surface area contributed by atoms with Crippen LogP contribution in [0.2, 0.25) is 0 Å². The standard InChI is InChI=1S/C18H22FN7O/c1-18(2,27)14-10-26-13(8-22-15(26)9-21-14)16-12(19)7-23-17(25-16)24-11-4-3-5-20-6-11/h7-11,20,27H,3-6H2,1-2H3,(H,23,24,25)/t11-/m1/s1. The highest BCUT2D eigenvalue weighted by molar-refractivity contribution is 5.61. The van der Waals surface area contributed by atoms with E-state index in [1.54, 1.807) is 36.8 Å². The Labute approximate surface area is 155 Å². The molecular weight excluding hydrogens is 349 g/mol. The minimum Gasteiger partial charge on any atom is -0.384 e. The quantitative estimate of drug-likeness (QED) is 0.642. The van der Waals surface area contributed by atoms with Crippen LogP contribution < -0.4 is 10.6 Å². The van der Waals surface area contributed by atoms with E-state index in [9.17, 15) is 9.50 Å². The molecule has 0 bridgehead atoms. The molecule has 4 rings (SSSR count). The molecule has 9 heteroatoms. The number of aliphatic hydroxyl groups is 1. The van der Waals surface area contributed by atoms with Gasteiger partial charge in [0.1, 0.15) is 11.3 Å². The van der Waals surface area contributed by atoms with Gasteiger partial charge in [-0.25, -0.2) is 19.3 Å². The van der Waals surface area contributed by atoms with E-state index in [1.807, 2.05) is 0 Å². The van der Waals surface area contributed by atoms with Crippen molar-refractivity contribution in [2.24, 2.45) is 0 Å². The highest BCUT2D eigenvalue weighted by atomic mass is 19.1. The fourth-order valence-electron chi connectivity index (χ4n) is 3.15. The summed E-state index contributed by atoms with van der Waals surface area (Å²) >= 11 is 0. The first-order chi connectivity index (χ1) is 12.9. The van der Waals surface area contributed by atoms with Gasteiger partial charge < -0.3 is 15.7 Å². The van der Waals surface area contributed by atoms with Crippen LogP contribution >= 0.6 is 0 Å². The number of nitrogens with one attached hydrogen (secondary N) is 2. The maximum atomic E-state index is 14.5. The Hall–Kier alpha value is -2.65. The molecule has 1 aliphatic rings. The van der Waals surface area contributed by atoms with Gasteiger partial charge in [0, 0.05) is 18.8 Å². The average molecular weight is 371 g/mol. The van der Waals surface area contributed by atoms with Crippen molar-refractivity contribution in [1.29, 1.82) is 0 Å². The number of anilines is 1. The first-order valence-corrected chi connectivity index (χ1v) is 8.98. The molecule has 3 N–H and O–H groups in total. The topological polar surface area (TPSA) is 100 Å². The zero-order valence-corrected chi connectivity index (χ0v) is 15.3. The fourth-order valence-corrected chi connectivity index (χ4v) is 3.15. The highest BCUT2D eigenvalue weighted by Crippen LogP contribution is 2.25. The lowest BCUT2D eigenvalue weighted by atomic mass is 10.1. The van der Waals surface area contributed by atoms with Gasteiger partial charge in [0.25, 0.3) is 0 Å². The van der Waals surface area contributed by atoms with E-state index in [0.717, 1.165) is 25.9 Å². The van der Waals surface area contributed by atoms with Crippen molar-refractivity contribution >= 4 is 11.6 Å². The lowest BCUT2D eigenvalue weighted by Gasteiger charge is -2.23. The lowest BCUT2D eigenvalue weighted by molar-refractivity contribution is 0.0734. The number of nitrogens with zero attached hydrogens (tertiary/aromatic N) is 5. The van der Waals surface area contributed by atoms with Gasteiger partial charge in [-0.1, -0.05) is 0 Å². The summed E-state index contributed by atoms with van der Waals surface area (Å²) in [6.45, 7) is 5.12. The molecule has 0 amide bonds. The second-order valence-corrected chi connectivity index (χ2v) is 7.28. The predicted molar refractivity (Wildman–Crippen MR) is 98.7 cm³/mol. The molecule has 8 nitrogen and oxygen atoms in total. The van der Waals surface area contributed by atoms with Crippen molar-refractivity contribution in [3.05, 3.63) is 36.3 Å². The van der Waals surface area contributed by atoms with Gasteiger partial charge in [-0.3, -0.25) is 9.38 Å². The molecule has 0 aliphatic carbocycles. The van der Waals surface area contributed by atoms with Gasteiger partial charge >= 0.3 is 0 Å². The molecule has 4 heterocycles. The molecule has 1 saturated heterocycles. The van der Waals surface area contributed by atoms with Crippen LogP contribution in [-0.4, -0.2) is 48.6 Å². The molecule has 1 aliphatic heterocycles. The first-order valence-electron chi connectivity index (χ1n) is 8.98. The Balaban J connectivity index is 1.73. The number of rotatable bonds is 4. The van der Waals surface area contributed by atoms with Crippen molar-refractivity contribution in [2.45, 2.75) is 38.3 Å².